The third-order valence-corrected chi connectivity index (χ3v) is 2.86. The van der Waals surface area contributed by atoms with Crippen molar-refractivity contribution in [1.29, 1.82) is 0 Å². The van der Waals surface area contributed by atoms with Crippen LogP contribution in [-0.4, -0.2) is 5.60 Å². The minimum Gasteiger partial charge on any atom is -0.488 e. The van der Waals surface area contributed by atoms with Crippen LogP contribution in [0.4, 0.5) is 13.2 Å². The number of hydrogen-bond donors (Lipinski definition) is 0. The third-order valence-electron chi connectivity index (χ3n) is 2.86. The van der Waals surface area contributed by atoms with Crippen molar-refractivity contribution in [2.24, 2.45) is 5.41 Å². The van der Waals surface area contributed by atoms with Gasteiger partial charge in [0.15, 0.2) is 0 Å². The van der Waals surface area contributed by atoms with Gasteiger partial charge in [-0.05, 0) is 50.3 Å². The van der Waals surface area contributed by atoms with E-state index in [1.54, 1.807) is 6.07 Å². The summed E-state index contributed by atoms with van der Waals surface area (Å²) < 4.78 is 44.4. The largest absolute Gasteiger partial charge is 0.488 e. The molecule has 0 N–H and O–H groups in total. The molecule has 0 atom stereocenters. The summed E-state index contributed by atoms with van der Waals surface area (Å²) in [6.07, 6.45) is -3.60. The SMILES string of the molecule is CC.Cc1ccc(OC(C)(C)CC(C)(C)C)cc1C(F)(F)F. The van der Waals surface area contributed by atoms with E-state index >= 15 is 0 Å². The molecule has 4 heteroatoms. The maximum atomic E-state index is 12.9. The quantitative estimate of drug-likeness (QED) is 0.607. The highest BCUT2D eigenvalue weighted by atomic mass is 19.4. The van der Waals surface area contributed by atoms with Gasteiger partial charge in [-0.25, -0.2) is 0 Å². The second-order valence-electron chi connectivity index (χ2n) is 7.07. The molecule has 1 nitrogen and oxygen atoms in total. The predicted molar refractivity (Wildman–Crippen MR) is 86.3 cm³/mol. The number of halogens is 3. The van der Waals surface area contributed by atoms with E-state index in [9.17, 15) is 13.2 Å². The maximum absolute atomic E-state index is 12.9. The first-order valence-electron chi connectivity index (χ1n) is 7.67. The second-order valence-corrected chi connectivity index (χ2v) is 7.07. The molecule has 1 aromatic rings. The number of alkyl halides is 3. The Bertz CT molecular complexity index is 468. The molecule has 22 heavy (non-hydrogen) atoms. The average Bonchev–Trinajstić information content (AvgIpc) is 2.29. The van der Waals surface area contributed by atoms with Crippen LogP contribution < -0.4 is 4.74 Å². The summed E-state index contributed by atoms with van der Waals surface area (Å²) in [5.74, 6) is 0.261. The van der Waals surface area contributed by atoms with Gasteiger partial charge in [-0.3, -0.25) is 0 Å². The molecular formula is C18H29F3O. The molecule has 0 aliphatic carbocycles. The molecule has 1 rings (SSSR count). The van der Waals surface area contributed by atoms with Crippen molar-refractivity contribution in [2.45, 2.75) is 73.6 Å². The van der Waals surface area contributed by atoms with Crippen LogP contribution in [0, 0.1) is 12.3 Å². The molecule has 1 aromatic carbocycles. The van der Waals surface area contributed by atoms with Crippen LogP contribution in [0.3, 0.4) is 0 Å². The Labute approximate surface area is 132 Å². The smallest absolute Gasteiger partial charge is 0.416 e. The molecule has 0 fully saturated rings. The monoisotopic (exact) mass is 318 g/mol. The van der Waals surface area contributed by atoms with Gasteiger partial charge in [0.2, 0.25) is 0 Å². The number of hydrogen-bond acceptors (Lipinski definition) is 1. The maximum Gasteiger partial charge on any atom is 0.416 e. The van der Waals surface area contributed by atoms with E-state index in [0.717, 1.165) is 12.5 Å². The van der Waals surface area contributed by atoms with Crippen molar-refractivity contribution in [3.8, 4) is 5.75 Å². The first kappa shape index (κ1) is 20.8. The van der Waals surface area contributed by atoms with Gasteiger partial charge < -0.3 is 4.74 Å². The fourth-order valence-corrected chi connectivity index (χ4v) is 2.60. The minimum atomic E-state index is -4.35. The highest BCUT2D eigenvalue weighted by Gasteiger charge is 2.33. The van der Waals surface area contributed by atoms with E-state index in [1.165, 1.54) is 13.0 Å². The van der Waals surface area contributed by atoms with E-state index in [-0.39, 0.29) is 16.7 Å². The fraction of sp³-hybridized carbons (Fsp3) is 0.667. The fourth-order valence-electron chi connectivity index (χ4n) is 2.60. The number of aryl methyl sites for hydroxylation is 1. The lowest BCUT2D eigenvalue weighted by atomic mass is 9.83. The van der Waals surface area contributed by atoms with Gasteiger partial charge >= 0.3 is 6.18 Å². The van der Waals surface area contributed by atoms with Gasteiger partial charge in [-0.15, -0.1) is 0 Å². The molecule has 0 spiro atoms. The van der Waals surface area contributed by atoms with Crippen molar-refractivity contribution in [3.05, 3.63) is 29.3 Å². The Morgan fingerprint density at radius 1 is 0.955 bits per heavy atom. The van der Waals surface area contributed by atoms with E-state index in [1.807, 2.05) is 27.7 Å². The lowest BCUT2D eigenvalue weighted by Crippen LogP contribution is -2.33. The summed E-state index contributed by atoms with van der Waals surface area (Å²) in [5.41, 5.74) is -0.905. The van der Waals surface area contributed by atoms with Gasteiger partial charge in [0, 0.05) is 0 Å². The third kappa shape index (κ3) is 7.19. The van der Waals surface area contributed by atoms with Crippen LogP contribution in [-0.2, 0) is 6.18 Å². The van der Waals surface area contributed by atoms with Crippen molar-refractivity contribution in [1.82, 2.24) is 0 Å². The molecule has 0 aliphatic heterocycles. The summed E-state index contributed by atoms with van der Waals surface area (Å²) in [6, 6.07) is 4.13. The highest BCUT2D eigenvalue weighted by Crippen LogP contribution is 2.36. The lowest BCUT2D eigenvalue weighted by molar-refractivity contribution is -0.138. The van der Waals surface area contributed by atoms with E-state index in [2.05, 4.69) is 20.8 Å². The van der Waals surface area contributed by atoms with Crippen molar-refractivity contribution in [2.75, 3.05) is 0 Å². The second kappa shape index (κ2) is 7.38. The molecule has 0 bridgehead atoms. The van der Waals surface area contributed by atoms with E-state index in [4.69, 9.17) is 4.74 Å². The number of ether oxygens (including phenoxy) is 1. The number of benzene rings is 1. The summed E-state index contributed by atoms with van der Waals surface area (Å²) in [4.78, 5) is 0. The van der Waals surface area contributed by atoms with Gasteiger partial charge in [-0.2, -0.15) is 13.2 Å². The molecule has 0 saturated carbocycles. The van der Waals surface area contributed by atoms with Gasteiger partial charge in [0.05, 0.1) is 5.56 Å². The molecule has 0 unspecified atom stereocenters. The highest BCUT2D eigenvalue weighted by molar-refractivity contribution is 5.37. The van der Waals surface area contributed by atoms with Crippen LogP contribution in [0.15, 0.2) is 18.2 Å². The number of rotatable bonds is 3. The first-order chi connectivity index (χ1) is 9.80. The zero-order valence-corrected chi connectivity index (χ0v) is 15.0. The molecule has 0 heterocycles. The van der Waals surface area contributed by atoms with Gasteiger partial charge in [0.25, 0.3) is 0 Å². The zero-order chi connectivity index (χ0) is 17.8. The van der Waals surface area contributed by atoms with E-state index < -0.39 is 17.3 Å². The Morgan fingerprint density at radius 3 is 1.86 bits per heavy atom. The Morgan fingerprint density at radius 2 is 1.45 bits per heavy atom. The first-order valence-corrected chi connectivity index (χ1v) is 7.67. The van der Waals surface area contributed by atoms with Crippen molar-refractivity contribution in [3.63, 3.8) is 0 Å². The predicted octanol–water partition coefficient (Wildman–Crippen LogP) is 6.63. The normalized spacial score (nSPS) is 12.5. The van der Waals surface area contributed by atoms with Crippen LogP contribution in [0.2, 0.25) is 0 Å². The molecule has 0 radical (unpaired) electrons. The summed E-state index contributed by atoms with van der Waals surface area (Å²) >= 11 is 0. The van der Waals surface area contributed by atoms with Crippen molar-refractivity contribution < 1.29 is 17.9 Å². The summed E-state index contributed by atoms with van der Waals surface area (Å²) in [7, 11) is 0. The lowest BCUT2D eigenvalue weighted by Gasteiger charge is -2.33. The Kier molecular flexibility index (Phi) is 6.98. The standard InChI is InChI=1S/C16H23F3O.C2H6/c1-11-7-8-12(9-13(11)16(17,18)19)20-15(5,6)10-14(2,3)4;1-2/h7-9H,10H2,1-6H3;1-2H3. The van der Waals surface area contributed by atoms with E-state index in [0.29, 0.717) is 0 Å². The average molecular weight is 318 g/mol. The summed E-state index contributed by atoms with van der Waals surface area (Å²) in [6.45, 7) is 15.5. The van der Waals surface area contributed by atoms with Crippen molar-refractivity contribution >= 4 is 0 Å². The van der Waals surface area contributed by atoms with Crippen LogP contribution >= 0.6 is 0 Å². The van der Waals surface area contributed by atoms with Crippen LogP contribution in [0.5, 0.6) is 5.75 Å². The zero-order valence-electron chi connectivity index (χ0n) is 15.0. The Hall–Kier alpha value is -1.19. The minimum absolute atomic E-state index is 0.0427. The topological polar surface area (TPSA) is 9.23 Å². The molecule has 0 aliphatic rings. The van der Waals surface area contributed by atoms with Crippen LogP contribution in [0.1, 0.15) is 66.0 Å². The molecular weight excluding hydrogens is 289 g/mol. The van der Waals surface area contributed by atoms with Gasteiger partial charge in [0.1, 0.15) is 11.4 Å². The summed E-state index contributed by atoms with van der Waals surface area (Å²) in [5, 5.41) is 0. The molecule has 0 saturated heterocycles. The van der Waals surface area contributed by atoms with Gasteiger partial charge in [-0.1, -0.05) is 40.7 Å². The Balaban J connectivity index is 0.00000211. The molecule has 0 aromatic heterocycles. The molecule has 128 valence electrons. The van der Waals surface area contributed by atoms with Crippen LogP contribution in [0.25, 0.3) is 0 Å². The molecule has 0 amide bonds.